The minimum atomic E-state index is -4.26. The highest BCUT2D eigenvalue weighted by molar-refractivity contribution is 8.44. The molecule has 10 atom stereocenters. The number of thiol groups is 1. The third kappa shape index (κ3) is 5.28. The normalized spacial score (nSPS) is 38.3. The van der Waals surface area contributed by atoms with Gasteiger partial charge in [-0.05, 0) is 11.8 Å². The lowest BCUT2D eigenvalue weighted by atomic mass is 10.1. The van der Waals surface area contributed by atoms with E-state index in [1.54, 1.807) is 0 Å². The SMILES string of the molecule is Nc1ncnc2c1ncn2[C@@H]1O[C@H]2COP(=O)(S)O[C@H]3[C@@H](O)[C@@H](n4cnc5c(N)ncnc54)O[C@@H]3COP(O)(=S)O[C@H]2[C@H]1O. The van der Waals surface area contributed by atoms with E-state index >= 15 is 0 Å². The standard InChI is InChI=1S/C20H24N10O10P2S2/c21-15-9-17(25-3-23-15)29(5-27-9)19-11(31)13-7(37-19)1-35-41(33,43)40-14-8(2-36-42(34,44)39-13)38-20(12(14)32)30-6-28-10-16(22)24-4-26-18(10)30/h3-8,11-14,19-20,31-32H,1-2H2,(H,33,43)(H,34,44)(H2,21,23,25)(H2,22,24,26)/t7-,8+,11-,12-,13-,14-,19+,20-,41?,42?/m1/s1. The van der Waals surface area contributed by atoms with Crippen molar-refractivity contribution >= 4 is 71.5 Å². The largest absolute Gasteiger partial charge is 0.386 e. The van der Waals surface area contributed by atoms with Crippen LogP contribution in [0, 0.1) is 0 Å². The zero-order valence-electron chi connectivity index (χ0n) is 22.0. The summed E-state index contributed by atoms with van der Waals surface area (Å²) in [5, 5.41) is 22.5. The van der Waals surface area contributed by atoms with E-state index in [0.29, 0.717) is 0 Å². The number of nitrogens with two attached hydrogens (primary N) is 2. The van der Waals surface area contributed by atoms with Crippen molar-refractivity contribution in [1.82, 2.24) is 39.0 Å². The topological polar surface area (TPSA) is 272 Å². The van der Waals surface area contributed by atoms with Crippen molar-refractivity contribution in [2.75, 3.05) is 24.7 Å². The first-order chi connectivity index (χ1) is 20.9. The summed E-state index contributed by atoms with van der Waals surface area (Å²) in [7, 11) is 0. The van der Waals surface area contributed by atoms with Gasteiger partial charge in [0.05, 0.1) is 25.9 Å². The van der Waals surface area contributed by atoms with E-state index in [4.69, 9.17) is 50.8 Å². The van der Waals surface area contributed by atoms with Crippen LogP contribution in [0.2, 0.25) is 0 Å². The second kappa shape index (κ2) is 11.1. The molecule has 3 saturated heterocycles. The molecule has 3 fully saturated rings. The average molecular weight is 691 g/mol. The van der Waals surface area contributed by atoms with Gasteiger partial charge in [-0.2, -0.15) is 0 Å². The summed E-state index contributed by atoms with van der Waals surface area (Å²) >= 11 is 9.33. The van der Waals surface area contributed by atoms with Crippen LogP contribution in [0.1, 0.15) is 12.5 Å². The molecule has 3 aliphatic rings. The van der Waals surface area contributed by atoms with Gasteiger partial charge in [0.15, 0.2) is 35.4 Å². The molecule has 236 valence electrons. The summed E-state index contributed by atoms with van der Waals surface area (Å²) in [6.07, 6.45) is -5.32. The van der Waals surface area contributed by atoms with Gasteiger partial charge in [-0.3, -0.25) is 22.7 Å². The van der Waals surface area contributed by atoms with Crippen molar-refractivity contribution in [1.29, 1.82) is 0 Å². The number of nitrogens with zero attached hydrogens (tertiary/aromatic N) is 8. The molecule has 0 amide bonds. The van der Waals surface area contributed by atoms with Crippen LogP contribution in [-0.4, -0.2) is 104 Å². The molecule has 0 spiro atoms. The lowest BCUT2D eigenvalue weighted by molar-refractivity contribution is -0.0577. The maximum absolute atomic E-state index is 13.4. The first-order valence-corrected chi connectivity index (χ1v) is 18.1. The third-order valence-electron chi connectivity index (χ3n) is 7.26. The maximum Gasteiger partial charge on any atom is 0.386 e. The Labute approximate surface area is 256 Å². The lowest BCUT2D eigenvalue weighted by Gasteiger charge is -2.29. The predicted octanol–water partition coefficient (Wildman–Crippen LogP) is -0.581. The molecule has 0 radical (unpaired) electrons. The first-order valence-electron chi connectivity index (χ1n) is 12.8. The molecule has 44 heavy (non-hydrogen) atoms. The number of imidazole rings is 2. The number of aliphatic hydroxyl groups is 2. The van der Waals surface area contributed by atoms with E-state index in [9.17, 15) is 19.7 Å². The minimum Gasteiger partial charge on any atom is -0.386 e. The summed E-state index contributed by atoms with van der Waals surface area (Å²) in [5.74, 6) is 0.213. The van der Waals surface area contributed by atoms with Crippen molar-refractivity contribution in [2.24, 2.45) is 0 Å². The Kier molecular flexibility index (Phi) is 7.64. The Morgan fingerprint density at radius 2 is 1.30 bits per heavy atom. The molecule has 0 aromatic carbocycles. The Bertz CT molecular complexity index is 1700. The number of nitrogen functional groups attached to an aromatic ring is 2. The fraction of sp³-hybridized carbons (Fsp3) is 0.500. The van der Waals surface area contributed by atoms with Gasteiger partial charge in [0.2, 0.25) is 0 Å². The Balaban J connectivity index is 1.17. The smallest absolute Gasteiger partial charge is 0.386 e. The van der Waals surface area contributed by atoms with Gasteiger partial charge >= 0.3 is 13.5 Å². The van der Waals surface area contributed by atoms with Gasteiger partial charge in [0, 0.05) is 0 Å². The number of rotatable bonds is 2. The van der Waals surface area contributed by atoms with Gasteiger partial charge < -0.3 is 40.6 Å². The lowest BCUT2D eigenvalue weighted by Crippen LogP contribution is -2.38. The van der Waals surface area contributed by atoms with E-state index in [1.807, 2.05) is 0 Å². The quantitative estimate of drug-likeness (QED) is 0.113. The molecular weight excluding hydrogens is 666 g/mol. The van der Waals surface area contributed by atoms with Crippen LogP contribution < -0.4 is 11.5 Å². The fourth-order valence-corrected chi connectivity index (χ4v) is 8.18. The highest BCUT2D eigenvalue weighted by Crippen LogP contribution is 2.58. The van der Waals surface area contributed by atoms with Crippen LogP contribution in [0.15, 0.2) is 25.3 Å². The number of aliphatic hydroxyl groups excluding tert-OH is 2. The zero-order valence-corrected chi connectivity index (χ0v) is 25.5. The van der Waals surface area contributed by atoms with Crippen LogP contribution in [0.5, 0.6) is 0 Å². The molecule has 7 rings (SSSR count). The van der Waals surface area contributed by atoms with E-state index in [1.165, 1.54) is 34.4 Å². The molecule has 24 heteroatoms. The molecule has 3 aliphatic heterocycles. The highest BCUT2D eigenvalue weighted by Gasteiger charge is 2.53. The van der Waals surface area contributed by atoms with E-state index in [-0.39, 0.29) is 34.0 Å². The molecule has 4 aromatic rings. The summed E-state index contributed by atoms with van der Waals surface area (Å²) in [6, 6.07) is 0. The van der Waals surface area contributed by atoms with Crippen molar-refractivity contribution in [2.45, 2.75) is 49.1 Å². The number of fused-ring (bicyclic) bond motifs is 4. The second-order valence-corrected chi connectivity index (χ2v) is 15.6. The van der Waals surface area contributed by atoms with Gasteiger partial charge in [0.1, 0.15) is 60.3 Å². The number of hydrogen-bond acceptors (Lipinski definition) is 18. The molecule has 0 saturated carbocycles. The van der Waals surface area contributed by atoms with Crippen molar-refractivity contribution < 1.29 is 47.2 Å². The van der Waals surface area contributed by atoms with Crippen LogP contribution >= 0.6 is 25.8 Å². The minimum absolute atomic E-state index is 0.106. The molecule has 0 bridgehead atoms. The van der Waals surface area contributed by atoms with Crippen LogP contribution in [-0.2, 0) is 43.9 Å². The Morgan fingerprint density at radius 3 is 1.82 bits per heavy atom. The van der Waals surface area contributed by atoms with Crippen LogP contribution in [0.3, 0.4) is 0 Å². The van der Waals surface area contributed by atoms with E-state index < -0.39 is 75.8 Å². The maximum atomic E-state index is 13.4. The Morgan fingerprint density at radius 1 is 0.818 bits per heavy atom. The second-order valence-electron chi connectivity index (χ2n) is 9.95. The molecular formula is C20H24N10O10P2S2. The van der Waals surface area contributed by atoms with Crippen LogP contribution in [0.4, 0.5) is 11.6 Å². The Hall–Kier alpha value is -2.43. The monoisotopic (exact) mass is 690 g/mol. The van der Waals surface area contributed by atoms with Crippen molar-refractivity contribution in [3.05, 3.63) is 25.3 Å². The van der Waals surface area contributed by atoms with Gasteiger partial charge in [0.25, 0.3) is 0 Å². The van der Waals surface area contributed by atoms with Gasteiger partial charge in [-0.15, -0.1) is 0 Å². The number of aromatic nitrogens is 8. The van der Waals surface area contributed by atoms with Gasteiger partial charge in [-0.25, -0.2) is 34.5 Å². The first kappa shape index (κ1) is 30.2. The third-order valence-corrected chi connectivity index (χ3v) is 10.4. The summed E-state index contributed by atoms with van der Waals surface area (Å²) in [5.41, 5.74) is 12.8. The summed E-state index contributed by atoms with van der Waals surface area (Å²) in [6.45, 7) is -9.39. The number of anilines is 2. The average Bonchev–Trinajstić information content (AvgIpc) is 3.73. The van der Waals surface area contributed by atoms with E-state index in [2.05, 4.69) is 42.2 Å². The zero-order chi connectivity index (χ0) is 31.0. The number of ether oxygens (including phenoxy) is 2. The molecule has 7 N–H and O–H groups in total. The van der Waals surface area contributed by atoms with Crippen molar-refractivity contribution in [3.63, 3.8) is 0 Å². The predicted molar refractivity (Wildman–Crippen MR) is 154 cm³/mol. The fourth-order valence-electron chi connectivity index (χ4n) is 5.24. The molecule has 7 heterocycles. The summed E-state index contributed by atoms with van der Waals surface area (Å²) in [4.78, 5) is 35.4. The van der Waals surface area contributed by atoms with E-state index in [0.717, 1.165) is 0 Å². The molecule has 20 nitrogen and oxygen atoms in total. The van der Waals surface area contributed by atoms with Crippen LogP contribution in [0.25, 0.3) is 22.3 Å². The molecule has 2 unspecified atom stereocenters. The number of hydrogen-bond donors (Lipinski definition) is 6. The molecule has 4 aromatic heterocycles. The summed E-state index contributed by atoms with van der Waals surface area (Å²) < 4.78 is 50.6. The highest BCUT2D eigenvalue weighted by atomic mass is 32.7. The molecule has 0 aliphatic carbocycles. The van der Waals surface area contributed by atoms with Crippen molar-refractivity contribution in [3.8, 4) is 0 Å². The van der Waals surface area contributed by atoms with Gasteiger partial charge in [-0.1, -0.05) is 12.2 Å².